The van der Waals surface area contributed by atoms with Gasteiger partial charge < -0.3 is 9.31 Å². The first kappa shape index (κ1) is 17.1. The number of rotatable bonds is 4. The maximum absolute atomic E-state index is 6.35. The van der Waals surface area contributed by atoms with Crippen LogP contribution in [0.1, 0.15) is 80.6 Å². The van der Waals surface area contributed by atoms with E-state index >= 15 is 0 Å². The summed E-state index contributed by atoms with van der Waals surface area (Å²) in [6.45, 7) is 15.5. The number of hydrogen-bond acceptors (Lipinski definition) is 2. The van der Waals surface area contributed by atoms with Gasteiger partial charge in [-0.05, 0) is 60.3 Å². The van der Waals surface area contributed by atoms with Gasteiger partial charge in [0.1, 0.15) is 0 Å². The van der Waals surface area contributed by atoms with Crippen LogP contribution < -0.4 is 0 Å². The van der Waals surface area contributed by atoms with Gasteiger partial charge in [-0.1, -0.05) is 37.3 Å². The molecule has 2 aliphatic rings. The molecule has 1 aliphatic heterocycles. The Bertz CT molecular complexity index is 395. The highest BCUT2D eigenvalue weighted by Crippen LogP contribution is 2.48. The summed E-state index contributed by atoms with van der Waals surface area (Å²) in [5, 5.41) is 0. The lowest BCUT2D eigenvalue weighted by atomic mass is 9.57. The van der Waals surface area contributed by atoms with Gasteiger partial charge in [0.2, 0.25) is 0 Å². The molecule has 2 rings (SSSR count). The van der Waals surface area contributed by atoms with Gasteiger partial charge in [-0.15, -0.1) is 0 Å². The molecule has 21 heavy (non-hydrogen) atoms. The first-order valence-electron chi connectivity index (χ1n) is 8.69. The smallest absolute Gasteiger partial charge is 0.403 e. The second-order valence-electron chi connectivity index (χ2n) is 8.16. The highest BCUT2D eigenvalue weighted by molar-refractivity contribution is 6.47. The molecule has 0 aromatic rings. The molecule has 1 aliphatic carbocycles. The van der Waals surface area contributed by atoms with Crippen molar-refractivity contribution in [1.82, 2.24) is 0 Å². The van der Waals surface area contributed by atoms with E-state index in [1.807, 2.05) is 0 Å². The number of unbranched alkanes of at least 4 members (excludes halogenated alkanes) is 1. The fourth-order valence-electron chi connectivity index (χ4n) is 3.58. The van der Waals surface area contributed by atoms with Crippen LogP contribution in [0.15, 0.2) is 11.1 Å². The molecule has 0 saturated carbocycles. The van der Waals surface area contributed by atoms with Crippen LogP contribution in [0.3, 0.4) is 0 Å². The second-order valence-corrected chi connectivity index (χ2v) is 8.16. The van der Waals surface area contributed by atoms with Gasteiger partial charge in [0.15, 0.2) is 0 Å². The Kier molecular flexibility index (Phi) is 4.95. The SMILES string of the molecule is CCCC[C@@H]1CC(C)=C(C)C[C@H]1B1OC(C)(C)C(C)(C)O1. The van der Waals surface area contributed by atoms with Crippen LogP contribution in [0.25, 0.3) is 0 Å². The zero-order chi connectivity index (χ0) is 15.8. The van der Waals surface area contributed by atoms with Crippen molar-refractivity contribution < 1.29 is 9.31 Å². The monoisotopic (exact) mass is 292 g/mol. The van der Waals surface area contributed by atoms with E-state index in [-0.39, 0.29) is 18.3 Å². The molecule has 0 aromatic heterocycles. The Hall–Kier alpha value is -0.275. The Morgan fingerprint density at radius 1 is 1.00 bits per heavy atom. The lowest BCUT2D eigenvalue weighted by molar-refractivity contribution is 0.00578. The highest BCUT2D eigenvalue weighted by Gasteiger charge is 2.55. The minimum absolute atomic E-state index is 0.0418. The summed E-state index contributed by atoms with van der Waals surface area (Å²) in [6.07, 6.45) is 6.24. The normalized spacial score (nSPS) is 31.9. The average molecular weight is 292 g/mol. The molecule has 1 saturated heterocycles. The minimum atomic E-state index is -0.211. The standard InChI is InChI=1S/C18H33BO2/c1-8-9-10-15-11-13(2)14(3)12-16(15)19-20-17(4,5)18(6,7)21-19/h15-16H,8-12H2,1-7H3/t15-,16-/m1/s1. The van der Waals surface area contributed by atoms with Gasteiger partial charge in [0.25, 0.3) is 0 Å². The summed E-state index contributed by atoms with van der Waals surface area (Å²) in [5.74, 6) is 1.23. The minimum Gasteiger partial charge on any atom is -0.403 e. The van der Waals surface area contributed by atoms with Crippen LogP contribution in [0, 0.1) is 5.92 Å². The molecule has 0 N–H and O–H groups in total. The predicted octanol–water partition coefficient (Wildman–Crippen LogP) is 5.39. The summed E-state index contributed by atoms with van der Waals surface area (Å²) in [7, 11) is -0.0418. The van der Waals surface area contributed by atoms with Crippen molar-refractivity contribution in [2.24, 2.45) is 5.92 Å². The van der Waals surface area contributed by atoms with E-state index in [4.69, 9.17) is 9.31 Å². The molecule has 120 valence electrons. The van der Waals surface area contributed by atoms with Gasteiger partial charge in [-0.2, -0.15) is 0 Å². The van der Waals surface area contributed by atoms with E-state index in [2.05, 4.69) is 48.5 Å². The van der Waals surface area contributed by atoms with E-state index in [0.29, 0.717) is 11.7 Å². The van der Waals surface area contributed by atoms with Crippen LogP contribution >= 0.6 is 0 Å². The third-order valence-electron chi connectivity index (χ3n) is 5.99. The third kappa shape index (κ3) is 3.39. The molecule has 0 amide bonds. The van der Waals surface area contributed by atoms with Crippen molar-refractivity contribution in [2.75, 3.05) is 0 Å². The van der Waals surface area contributed by atoms with E-state index in [0.717, 1.165) is 6.42 Å². The molecular weight excluding hydrogens is 259 g/mol. The van der Waals surface area contributed by atoms with Crippen LogP contribution in [0.4, 0.5) is 0 Å². The topological polar surface area (TPSA) is 18.5 Å². The summed E-state index contributed by atoms with van der Waals surface area (Å²) < 4.78 is 12.7. The van der Waals surface area contributed by atoms with E-state index in [9.17, 15) is 0 Å². The Balaban J connectivity index is 2.16. The average Bonchev–Trinajstić information content (AvgIpc) is 2.59. The first-order chi connectivity index (χ1) is 9.68. The highest BCUT2D eigenvalue weighted by atomic mass is 16.7. The zero-order valence-electron chi connectivity index (χ0n) is 15.1. The van der Waals surface area contributed by atoms with Crippen molar-refractivity contribution in [3.05, 3.63) is 11.1 Å². The molecule has 1 heterocycles. The van der Waals surface area contributed by atoms with Crippen LogP contribution in [-0.2, 0) is 9.31 Å². The summed E-state index contributed by atoms with van der Waals surface area (Å²) in [6, 6.07) is 0. The van der Waals surface area contributed by atoms with Crippen molar-refractivity contribution in [3.63, 3.8) is 0 Å². The Labute approximate surface area is 131 Å². The maximum Gasteiger partial charge on any atom is 0.461 e. The van der Waals surface area contributed by atoms with Crippen molar-refractivity contribution in [2.45, 2.75) is 97.6 Å². The molecule has 2 atom stereocenters. The molecule has 0 spiro atoms. The van der Waals surface area contributed by atoms with E-state index < -0.39 is 0 Å². The fourth-order valence-corrected chi connectivity index (χ4v) is 3.58. The Morgan fingerprint density at radius 3 is 2.05 bits per heavy atom. The first-order valence-corrected chi connectivity index (χ1v) is 8.69. The number of allylic oxidation sites excluding steroid dienone is 2. The lowest BCUT2D eigenvalue weighted by Crippen LogP contribution is -2.41. The summed E-state index contributed by atoms with van der Waals surface area (Å²) in [5.41, 5.74) is 2.71. The molecule has 0 bridgehead atoms. The molecule has 1 fully saturated rings. The lowest BCUT2D eigenvalue weighted by Gasteiger charge is -2.34. The fraction of sp³-hybridized carbons (Fsp3) is 0.889. The third-order valence-corrected chi connectivity index (χ3v) is 5.99. The van der Waals surface area contributed by atoms with Gasteiger partial charge in [0.05, 0.1) is 11.2 Å². The van der Waals surface area contributed by atoms with Crippen molar-refractivity contribution in [3.8, 4) is 0 Å². The number of hydrogen-bond donors (Lipinski definition) is 0. The predicted molar refractivity (Wildman–Crippen MR) is 90.5 cm³/mol. The summed E-state index contributed by atoms with van der Waals surface area (Å²) in [4.78, 5) is 0. The van der Waals surface area contributed by atoms with Crippen molar-refractivity contribution >= 4 is 7.12 Å². The molecule has 2 nitrogen and oxygen atoms in total. The molecular formula is C18H33BO2. The van der Waals surface area contributed by atoms with Gasteiger partial charge >= 0.3 is 7.12 Å². The van der Waals surface area contributed by atoms with Crippen LogP contribution in [-0.4, -0.2) is 18.3 Å². The quantitative estimate of drug-likeness (QED) is 0.511. The zero-order valence-corrected chi connectivity index (χ0v) is 15.1. The molecule has 0 radical (unpaired) electrons. The Morgan fingerprint density at radius 2 is 1.52 bits per heavy atom. The molecule has 0 unspecified atom stereocenters. The van der Waals surface area contributed by atoms with Crippen LogP contribution in [0.2, 0.25) is 5.82 Å². The van der Waals surface area contributed by atoms with Gasteiger partial charge in [-0.25, -0.2) is 0 Å². The summed E-state index contributed by atoms with van der Waals surface area (Å²) >= 11 is 0. The van der Waals surface area contributed by atoms with E-state index in [1.54, 1.807) is 11.1 Å². The van der Waals surface area contributed by atoms with E-state index in [1.165, 1.54) is 25.7 Å². The van der Waals surface area contributed by atoms with Gasteiger partial charge in [-0.3, -0.25) is 0 Å². The van der Waals surface area contributed by atoms with Crippen molar-refractivity contribution in [1.29, 1.82) is 0 Å². The molecule has 0 aromatic carbocycles. The second kappa shape index (κ2) is 6.08. The molecule has 3 heteroatoms. The van der Waals surface area contributed by atoms with Gasteiger partial charge in [0, 0.05) is 5.82 Å². The van der Waals surface area contributed by atoms with Crippen LogP contribution in [0.5, 0.6) is 0 Å². The maximum atomic E-state index is 6.35. The largest absolute Gasteiger partial charge is 0.461 e.